The summed E-state index contributed by atoms with van der Waals surface area (Å²) in [5, 5.41) is 5.39. The van der Waals surface area contributed by atoms with Crippen molar-refractivity contribution >= 4 is 23.6 Å². The van der Waals surface area contributed by atoms with Crippen LogP contribution in [0.5, 0.6) is 5.75 Å². The highest BCUT2D eigenvalue weighted by Gasteiger charge is 2.14. The van der Waals surface area contributed by atoms with Gasteiger partial charge in [0, 0.05) is 23.5 Å². The Morgan fingerprint density at radius 1 is 1.00 bits per heavy atom. The maximum Gasteiger partial charge on any atom is 0.251 e. The molecule has 2 amide bonds. The van der Waals surface area contributed by atoms with Gasteiger partial charge in [-0.3, -0.25) is 9.59 Å². The molecule has 0 radical (unpaired) electrons. The molecule has 0 spiro atoms. The Kier molecular flexibility index (Phi) is 7.35. The third-order valence-corrected chi connectivity index (χ3v) is 4.60. The van der Waals surface area contributed by atoms with Gasteiger partial charge in [0.2, 0.25) is 5.91 Å². The second-order valence-corrected chi connectivity index (χ2v) is 6.76. The molecule has 132 valence electrons. The summed E-state index contributed by atoms with van der Waals surface area (Å²) in [6, 6.07) is 16.6. The quantitative estimate of drug-likeness (QED) is 0.562. The summed E-state index contributed by atoms with van der Waals surface area (Å²) in [5.41, 5.74) is 0.609. The van der Waals surface area contributed by atoms with Gasteiger partial charge in [-0.1, -0.05) is 18.2 Å². The molecule has 0 aliphatic heterocycles. The van der Waals surface area contributed by atoms with Gasteiger partial charge in [-0.25, -0.2) is 0 Å². The number of hydrogen-bond donors (Lipinski definition) is 2. The molecule has 1 atom stereocenters. The molecule has 0 bridgehead atoms. The number of ether oxygens (including phenoxy) is 1. The van der Waals surface area contributed by atoms with Gasteiger partial charge in [0.15, 0.2) is 0 Å². The van der Waals surface area contributed by atoms with Crippen LogP contribution < -0.4 is 15.4 Å². The van der Waals surface area contributed by atoms with Crippen LogP contribution in [0.25, 0.3) is 0 Å². The summed E-state index contributed by atoms with van der Waals surface area (Å²) in [4.78, 5) is 25.0. The fourth-order valence-corrected chi connectivity index (χ4v) is 3.00. The van der Waals surface area contributed by atoms with Crippen LogP contribution in [-0.2, 0) is 4.79 Å². The van der Waals surface area contributed by atoms with Gasteiger partial charge in [-0.15, -0.1) is 11.8 Å². The van der Waals surface area contributed by atoms with Crippen LogP contribution in [0.4, 0.5) is 0 Å². The van der Waals surface area contributed by atoms with Gasteiger partial charge in [-0.2, -0.15) is 0 Å². The number of methoxy groups -OCH3 is 1. The zero-order valence-electron chi connectivity index (χ0n) is 14.3. The molecule has 6 heteroatoms. The zero-order chi connectivity index (χ0) is 18.1. The van der Waals surface area contributed by atoms with E-state index in [0.717, 1.165) is 10.6 Å². The number of carbonyl (C=O) groups excluding carboxylic acids is 2. The molecular weight excluding hydrogens is 336 g/mol. The fraction of sp³-hybridized carbons (Fsp3) is 0.263. The van der Waals surface area contributed by atoms with E-state index in [4.69, 9.17) is 4.74 Å². The van der Waals surface area contributed by atoms with E-state index in [2.05, 4.69) is 10.6 Å². The average Bonchev–Trinajstić information content (AvgIpc) is 2.66. The van der Waals surface area contributed by atoms with E-state index in [-0.39, 0.29) is 17.1 Å². The van der Waals surface area contributed by atoms with Gasteiger partial charge < -0.3 is 15.4 Å². The minimum atomic E-state index is -0.224. The highest BCUT2D eigenvalue weighted by Crippen LogP contribution is 2.25. The lowest BCUT2D eigenvalue weighted by Crippen LogP contribution is -2.37. The van der Waals surface area contributed by atoms with Crippen LogP contribution in [0.15, 0.2) is 59.5 Å². The second kappa shape index (κ2) is 9.74. The van der Waals surface area contributed by atoms with Gasteiger partial charge >= 0.3 is 0 Å². The van der Waals surface area contributed by atoms with Crippen LogP contribution in [0.3, 0.4) is 0 Å². The minimum absolute atomic E-state index is 0.0604. The number of amides is 2. The SMILES string of the molecule is COc1ccc(SC(C)C(=O)NCCNC(=O)c2ccccc2)cc1. The molecule has 2 N–H and O–H groups in total. The van der Waals surface area contributed by atoms with Crippen LogP contribution >= 0.6 is 11.8 Å². The molecule has 2 rings (SSSR count). The van der Waals surface area contributed by atoms with Crippen molar-refractivity contribution in [1.82, 2.24) is 10.6 Å². The summed E-state index contributed by atoms with van der Waals surface area (Å²) in [5.74, 6) is 0.584. The Morgan fingerprint density at radius 3 is 2.28 bits per heavy atom. The lowest BCUT2D eigenvalue weighted by Gasteiger charge is -2.12. The van der Waals surface area contributed by atoms with Crippen molar-refractivity contribution in [1.29, 1.82) is 0 Å². The Balaban J connectivity index is 1.69. The molecular formula is C19H22N2O3S. The van der Waals surface area contributed by atoms with E-state index in [1.54, 1.807) is 19.2 Å². The first-order valence-corrected chi connectivity index (χ1v) is 8.90. The largest absolute Gasteiger partial charge is 0.497 e. The summed E-state index contributed by atoms with van der Waals surface area (Å²) in [7, 11) is 1.62. The number of hydrogen-bond acceptors (Lipinski definition) is 4. The fourth-order valence-electron chi connectivity index (χ4n) is 2.11. The predicted molar refractivity (Wildman–Crippen MR) is 100 cm³/mol. The summed E-state index contributed by atoms with van der Waals surface area (Å²) in [6.45, 7) is 2.64. The third-order valence-electron chi connectivity index (χ3n) is 3.49. The molecule has 2 aromatic rings. The van der Waals surface area contributed by atoms with E-state index in [9.17, 15) is 9.59 Å². The van der Waals surface area contributed by atoms with Crippen LogP contribution in [0, 0.1) is 0 Å². The minimum Gasteiger partial charge on any atom is -0.497 e. The van der Waals surface area contributed by atoms with Crippen molar-refractivity contribution in [2.45, 2.75) is 17.1 Å². The van der Waals surface area contributed by atoms with Crippen molar-refractivity contribution in [3.8, 4) is 5.75 Å². The summed E-state index contributed by atoms with van der Waals surface area (Å²) in [6.07, 6.45) is 0. The van der Waals surface area contributed by atoms with Gasteiger partial charge in [0.25, 0.3) is 5.91 Å². The molecule has 0 heterocycles. The highest BCUT2D eigenvalue weighted by atomic mass is 32.2. The van der Waals surface area contributed by atoms with Gasteiger partial charge in [0.05, 0.1) is 12.4 Å². The van der Waals surface area contributed by atoms with Crippen molar-refractivity contribution < 1.29 is 14.3 Å². The lowest BCUT2D eigenvalue weighted by atomic mass is 10.2. The first kappa shape index (κ1) is 18.9. The van der Waals surface area contributed by atoms with E-state index in [1.807, 2.05) is 49.4 Å². The monoisotopic (exact) mass is 358 g/mol. The molecule has 0 saturated carbocycles. The molecule has 5 nitrogen and oxygen atoms in total. The highest BCUT2D eigenvalue weighted by molar-refractivity contribution is 8.00. The normalized spacial score (nSPS) is 11.4. The topological polar surface area (TPSA) is 67.4 Å². The number of thioether (sulfide) groups is 1. The number of benzene rings is 2. The molecule has 2 aromatic carbocycles. The molecule has 1 unspecified atom stereocenters. The van der Waals surface area contributed by atoms with Crippen molar-refractivity contribution in [3.05, 3.63) is 60.2 Å². The van der Waals surface area contributed by atoms with E-state index in [0.29, 0.717) is 18.7 Å². The molecule has 25 heavy (non-hydrogen) atoms. The van der Waals surface area contributed by atoms with Crippen LogP contribution in [0.2, 0.25) is 0 Å². The Morgan fingerprint density at radius 2 is 1.64 bits per heavy atom. The maximum atomic E-state index is 12.1. The molecule has 0 aliphatic rings. The van der Waals surface area contributed by atoms with E-state index >= 15 is 0 Å². The second-order valence-electron chi connectivity index (χ2n) is 5.35. The first-order valence-electron chi connectivity index (χ1n) is 8.02. The average molecular weight is 358 g/mol. The van der Waals surface area contributed by atoms with Crippen LogP contribution in [0.1, 0.15) is 17.3 Å². The van der Waals surface area contributed by atoms with Crippen molar-refractivity contribution in [2.24, 2.45) is 0 Å². The third kappa shape index (κ3) is 6.15. The Labute approximate surface area is 152 Å². The summed E-state index contributed by atoms with van der Waals surface area (Å²) >= 11 is 1.48. The smallest absolute Gasteiger partial charge is 0.251 e. The molecule has 0 aromatic heterocycles. The summed E-state index contributed by atoms with van der Waals surface area (Å²) < 4.78 is 5.12. The van der Waals surface area contributed by atoms with Gasteiger partial charge in [-0.05, 0) is 43.3 Å². The Bertz CT molecular complexity index is 690. The van der Waals surface area contributed by atoms with E-state index in [1.165, 1.54) is 11.8 Å². The van der Waals surface area contributed by atoms with E-state index < -0.39 is 0 Å². The van der Waals surface area contributed by atoms with Crippen molar-refractivity contribution in [3.63, 3.8) is 0 Å². The van der Waals surface area contributed by atoms with Gasteiger partial charge in [0.1, 0.15) is 5.75 Å². The first-order chi connectivity index (χ1) is 12.1. The molecule has 0 aliphatic carbocycles. The predicted octanol–water partition coefficient (Wildman–Crippen LogP) is 2.72. The number of carbonyl (C=O) groups is 2. The molecule has 0 fully saturated rings. The standard InChI is InChI=1S/C19H22N2O3S/c1-14(25-17-10-8-16(24-2)9-11-17)18(22)20-12-13-21-19(23)15-6-4-3-5-7-15/h3-11,14H,12-13H2,1-2H3,(H,20,22)(H,21,23). The Hall–Kier alpha value is -2.47. The number of rotatable bonds is 8. The maximum absolute atomic E-state index is 12.1. The number of nitrogens with one attached hydrogen (secondary N) is 2. The van der Waals surface area contributed by atoms with Crippen LogP contribution in [-0.4, -0.2) is 37.3 Å². The zero-order valence-corrected chi connectivity index (χ0v) is 15.1. The van der Waals surface area contributed by atoms with Crippen molar-refractivity contribution in [2.75, 3.05) is 20.2 Å². The lowest BCUT2D eigenvalue weighted by molar-refractivity contribution is -0.120. The molecule has 0 saturated heterocycles.